The summed E-state index contributed by atoms with van der Waals surface area (Å²) in [5.41, 5.74) is 0. The molecule has 1 saturated heterocycles. The lowest BCUT2D eigenvalue weighted by Crippen LogP contribution is -2.51. The maximum Gasteiger partial charge on any atom is 0.403 e. The highest BCUT2D eigenvalue weighted by atomic mass is 32.2. The molecule has 18 heavy (non-hydrogen) atoms. The Hall–Kier alpha value is -0.830. The maximum absolute atomic E-state index is 12.5. The van der Waals surface area contributed by atoms with Crippen LogP contribution in [0.15, 0.2) is 0 Å². The fourth-order valence-electron chi connectivity index (χ4n) is 1.86. The summed E-state index contributed by atoms with van der Waals surface area (Å²) in [5.74, 6) is -4.90. The van der Waals surface area contributed by atoms with Crippen LogP contribution in [0, 0.1) is 5.92 Å². The zero-order chi connectivity index (χ0) is 14.1. The predicted molar refractivity (Wildman–Crippen MR) is 56.9 cm³/mol. The van der Waals surface area contributed by atoms with Gasteiger partial charge in [0.15, 0.2) is 15.8 Å². The topological polar surface area (TPSA) is 74.7 Å². The molecule has 1 rings (SSSR count). The summed E-state index contributed by atoms with van der Waals surface area (Å²) >= 11 is 0. The lowest BCUT2D eigenvalue weighted by atomic mass is 10.1. The van der Waals surface area contributed by atoms with E-state index in [2.05, 4.69) is 0 Å². The first kappa shape index (κ1) is 15.2. The second kappa shape index (κ2) is 5.04. The van der Waals surface area contributed by atoms with Crippen molar-refractivity contribution in [2.45, 2.75) is 19.1 Å². The highest BCUT2D eigenvalue weighted by molar-refractivity contribution is 7.91. The fraction of sp³-hybridized carbons (Fsp3) is 0.889. The molecule has 0 aliphatic carbocycles. The van der Waals surface area contributed by atoms with E-state index in [4.69, 9.17) is 5.11 Å². The first-order valence-corrected chi connectivity index (χ1v) is 7.09. The number of sulfone groups is 1. The van der Waals surface area contributed by atoms with Gasteiger partial charge in [-0.1, -0.05) is 0 Å². The van der Waals surface area contributed by atoms with Gasteiger partial charge in [-0.3, -0.25) is 9.69 Å². The van der Waals surface area contributed by atoms with Crippen LogP contribution < -0.4 is 0 Å². The van der Waals surface area contributed by atoms with Gasteiger partial charge in [0.1, 0.15) is 0 Å². The normalized spacial score (nSPS) is 26.8. The Balaban J connectivity index is 2.75. The van der Waals surface area contributed by atoms with Gasteiger partial charge in [-0.15, -0.1) is 0 Å². The van der Waals surface area contributed by atoms with Gasteiger partial charge >= 0.3 is 12.1 Å². The van der Waals surface area contributed by atoms with Gasteiger partial charge < -0.3 is 5.11 Å². The summed E-state index contributed by atoms with van der Waals surface area (Å²) in [4.78, 5) is 11.8. The molecule has 1 N–H and O–H groups in total. The van der Waals surface area contributed by atoms with Gasteiger partial charge in [0, 0.05) is 19.1 Å². The highest BCUT2D eigenvalue weighted by Gasteiger charge is 2.47. The summed E-state index contributed by atoms with van der Waals surface area (Å²) in [5, 5.41) is 8.56. The number of rotatable bonds is 3. The van der Waals surface area contributed by atoms with E-state index in [1.165, 1.54) is 11.8 Å². The van der Waals surface area contributed by atoms with Crippen LogP contribution >= 0.6 is 0 Å². The van der Waals surface area contributed by atoms with E-state index < -0.39 is 40.5 Å². The fourth-order valence-corrected chi connectivity index (χ4v) is 3.49. The molecule has 0 saturated carbocycles. The summed E-state index contributed by atoms with van der Waals surface area (Å²) in [7, 11) is -3.23. The van der Waals surface area contributed by atoms with Crippen LogP contribution in [0.3, 0.4) is 0 Å². The van der Waals surface area contributed by atoms with Crippen molar-refractivity contribution in [3.05, 3.63) is 0 Å². The number of hydrogen-bond acceptors (Lipinski definition) is 4. The standard InChI is InChI=1S/C9H14F3NO4S/c1-6-5-18(16,17)3-2-13(6)4-7(8(14)15)9(10,11)12/h6-7H,2-5H2,1H3,(H,14,15). The van der Waals surface area contributed by atoms with Crippen LogP contribution in [-0.4, -0.2) is 61.2 Å². The molecule has 0 radical (unpaired) electrons. The molecule has 1 heterocycles. The molecule has 9 heteroatoms. The molecule has 1 aliphatic heterocycles. The lowest BCUT2D eigenvalue weighted by molar-refractivity contribution is -0.197. The minimum absolute atomic E-state index is 0.0661. The van der Waals surface area contributed by atoms with Crippen molar-refractivity contribution in [3.8, 4) is 0 Å². The van der Waals surface area contributed by atoms with Crippen LogP contribution in [0.5, 0.6) is 0 Å². The molecule has 2 atom stereocenters. The van der Waals surface area contributed by atoms with E-state index in [1.54, 1.807) is 0 Å². The van der Waals surface area contributed by atoms with Gasteiger partial charge in [-0.05, 0) is 6.92 Å². The van der Waals surface area contributed by atoms with Crippen molar-refractivity contribution in [2.75, 3.05) is 24.6 Å². The highest BCUT2D eigenvalue weighted by Crippen LogP contribution is 2.28. The van der Waals surface area contributed by atoms with Crippen molar-refractivity contribution >= 4 is 15.8 Å². The molecular weight excluding hydrogens is 275 g/mol. The SMILES string of the molecule is CC1CS(=O)(=O)CCN1CC(C(=O)O)C(F)(F)F. The molecule has 2 unspecified atom stereocenters. The maximum atomic E-state index is 12.5. The Labute approximate surface area is 102 Å². The van der Waals surface area contributed by atoms with Crippen LogP contribution in [0.4, 0.5) is 13.2 Å². The molecule has 0 aromatic rings. The van der Waals surface area contributed by atoms with E-state index in [9.17, 15) is 26.4 Å². The molecule has 0 aromatic carbocycles. The molecule has 0 spiro atoms. The Bertz CT molecular complexity index is 420. The summed E-state index contributed by atoms with van der Waals surface area (Å²) in [6.07, 6.45) is -4.83. The number of carbonyl (C=O) groups is 1. The van der Waals surface area contributed by atoms with Gasteiger partial charge in [0.2, 0.25) is 0 Å². The largest absolute Gasteiger partial charge is 0.481 e. The first-order valence-electron chi connectivity index (χ1n) is 5.27. The molecule has 1 fully saturated rings. The number of halogens is 3. The number of carboxylic acid groups (broad SMARTS) is 1. The van der Waals surface area contributed by atoms with Gasteiger partial charge in [-0.25, -0.2) is 8.42 Å². The third-order valence-corrected chi connectivity index (χ3v) is 4.71. The van der Waals surface area contributed by atoms with Crippen LogP contribution in [0.25, 0.3) is 0 Å². The van der Waals surface area contributed by atoms with Crippen molar-refractivity contribution in [2.24, 2.45) is 5.92 Å². The van der Waals surface area contributed by atoms with E-state index >= 15 is 0 Å². The second-order valence-electron chi connectivity index (χ2n) is 4.39. The molecule has 0 aromatic heterocycles. The molecule has 5 nitrogen and oxygen atoms in total. The Morgan fingerprint density at radius 2 is 2.06 bits per heavy atom. The van der Waals surface area contributed by atoms with E-state index in [0.29, 0.717) is 0 Å². The number of carboxylic acids is 1. The lowest BCUT2D eigenvalue weighted by Gasteiger charge is -2.34. The summed E-state index contributed by atoms with van der Waals surface area (Å²) in [6.45, 7) is 0.699. The molecular formula is C9H14F3NO4S. The quantitative estimate of drug-likeness (QED) is 0.812. The van der Waals surface area contributed by atoms with E-state index in [1.807, 2.05) is 0 Å². The third-order valence-electron chi connectivity index (χ3n) is 2.92. The van der Waals surface area contributed by atoms with Crippen molar-refractivity contribution < 1.29 is 31.5 Å². The van der Waals surface area contributed by atoms with Gasteiger partial charge in [-0.2, -0.15) is 13.2 Å². The van der Waals surface area contributed by atoms with Gasteiger partial charge in [0.25, 0.3) is 0 Å². The van der Waals surface area contributed by atoms with Crippen LogP contribution in [-0.2, 0) is 14.6 Å². The summed E-state index contributed by atoms with van der Waals surface area (Å²) < 4.78 is 60.0. The number of alkyl halides is 3. The number of aliphatic carboxylic acids is 1. The first-order chi connectivity index (χ1) is 8.03. The Morgan fingerprint density at radius 3 is 2.44 bits per heavy atom. The van der Waals surface area contributed by atoms with E-state index in [0.717, 1.165) is 0 Å². The minimum atomic E-state index is -4.83. The van der Waals surface area contributed by atoms with Gasteiger partial charge in [0.05, 0.1) is 11.5 Å². The average Bonchev–Trinajstić information content (AvgIpc) is 2.12. The second-order valence-corrected chi connectivity index (χ2v) is 6.62. The molecule has 106 valence electrons. The smallest absolute Gasteiger partial charge is 0.403 e. The monoisotopic (exact) mass is 289 g/mol. The molecule has 0 bridgehead atoms. The molecule has 0 amide bonds. The Morgan fingerprint density at radius 1 is 1.50 bits per heavy atom. The number of hydrogen-bond donors (Lipinski definition) is 1. The zero-order valence-corrected chi connectivity index (χ0v) is 10.5. The zero-order valence-electron chi connectivity index (χ0n) is 9.64. The number of nitrogens with zero attached hydrogens (tertiary/aromatic N) is 1. The third kappa shape index (κ3) is 3.84. The van der Waals surface area contributed by atoms with Crippen LogP contribution in [0.2, 0.25) is 0 Å². The summed E-state index contributed by atoms with van der Waals surface area (Å²) in [6, 6.07) is -0.604. The van der Waals surface area contributed by atoms with Crippen molar-refractivity contribution in [1.29, 1.82) is 0 Å². The van der Waals surface area contributed by atoms with Crippen LogP contribution in [0.1, 0.15) is 6.92 Å². The minimum Gasteiger partial charge on any atom is -0.481 e. The molecule has 1 aliphatic rings. The van der Waals surface area contributed by atoms with Crippen molar-refractivity contribution in [3.63, 3.8) is 0 Å². The van der Waals surface area contributed by atoms with Crippen molar-refractivity contribution in [1.82, 2.24) is 4.90 Å². The van der Waals surface area contributed by atoms with E-state index in [-0.39, 0.29) is 18.1 Å². The predicted octanol–water partition coefficient (Wildman–Crippen LogP) is 0.368. The Kier molecular flexibility index (Phi) is 4.26. The average molecular weight is 289 g/mol.